The molecule has 2 heteroatoms. The smallest absolute Gasteiger partial charge is 0.00159 e. The second-order valence-corrected chi connectivity index (χ2v) is 6.33. The maximum Gasteiger partial charge on any atom is -0.00159 e. The third-order valence-electron chi connectivity index (χ3n) is 3.99. The molecule has 0 saturated carbocycles. The fraction of sp³-hybridized carbons (Fsp3) is 1.00. The first-order chi connectivity index (χ1) is 7.54. The van der Waals surface area contributed by atoms with Crippen LogP contribution in [0.3, 0.4) is 0 Å². The molecule has 0 aromatic heterocycles. The monoisotopic (exact) mass is 226 g/mol. The van der Waals surface area contributed by atoms with Crippen LogP contribution in [0.4, 0.5) is 0 Å². The van der Waals surface area contributed by atoms with Gasteiger partial charge < -0.3 is 10.6 Å². The van der Waals surface area contributed by atoms with E-state index < -0.39 is 0 Å². The lowest BCUT2D eigenvalue weighted by Crippen LogP contribution is -2.38. The third kappa shape index (κ3) is 4.84. The van der Waals surface area contributed by atoms with Crippen molar-refractivity contribution < 1.29 is 0 Å². The van der Waals surface area contributed by atoms with Crippen LogP contribution in [-0.2, 0) is 0 Å². The summed E-state index contributed by atoms with van der Waals surface area (Å²) in [7, 11) is 0. The first-order valence-corrected chi connectivity index (χ1v) is 6.96. The Bertz CT molecular complexity index is 176. The number of unbranched alkanes of at least 4 members (excludes halogenated alkanes) is 2. The molecule has 0 aliphatic carbocycles. The van der Waals surface area contributed by atoms with Gasteiger partial charge in [-0.25, -0.2) is 0 Å². The van der Waals surface area contributed by atoms with E-state index in [1.165, 1.54) is 51.7 Å². The van der Waals surface area contributed by atoms with Crippen LogP contribution in [0, 0.1) is 11.3 Å². The Kier molecular flexibility index (Phi) is 5.77. The molecular weight excluding hydrogens is 196 g/mol. The van der Waals surface area contributed by atoms with Gasteiger partial charge in [-0.05, 0) is 63.2 Å². The van der Waals surface area contributed by atoms with E-state index in [4.69, 9.17) is 5.73 Å². The molecule has 1 fully saturated rings. The molecule has 0 spiro atoms. The Hall–Kier alpha value is -0.0800. The number of nitrogens with two attached hydrogens (primary N) is 1. The topological polar surface area (TPSA) is 29.3 Å². The maximum atomic E-state index is 5.50. The molecule has 0 aromatic carbocycles. The van der Waals surface area contributed by atoms with Gasteiger partial charge in [0.05, 0.1) is 0 Å². The van der Waals surface area contributed by atoms with Crippen LogP contribution in [0.1, 0.15) is 52.9 Å². The number of rotatable bonds is 5. The molecule has 0 atom stereocenters. The molecule has 0 aromatic rings. The average Bonchev–Trinajstić information content (AvgIpc) is 2.24. The van der Waals surface area contributed by atoms with E-state index in [0.717, 1.165) is 12.5 Å². The number of hydrogen-bond acceptors (Lipinski definition) is 2. The zero-order valence-electron chi connectivity index (χ0n) is 11.5. The summed E-state index contributed by atoms with van der Waals surface area (Å²) in [6.45, 7) is 11.9. The quantitative estimate of drug-likeness (QED) is 0.730. The fourth-order valence-corrected chi connectivity index (χ4v) is 2.68. The van der Waals surface area contributed by atoms with Crippen molar-refractivity contribution in [2.45, 2.75) is 52.9 Å². The van der Waals surface area contributed by atoms with Crippen LogP contribution in [0.15, 0.2) is 0 Å². The third-order valence-corrected chi connectivity index (χ3v) is 3.99. The lowest BCUT2D eigenvalue weighted by molar-refractivity contribution is 0.111. The molecule has 16 heavy (non-hydrogen) atoms. The van der Waals surface area contributed by atoms with Gasteiger partial charge in [0.2, 0.25) is 0 Å². The minimum Gasteiger partial charge on any atom is -0.330 e. The number of piperidine rings is 1. The Labute approximate surface area is 102 Å². The van der Waals surface area contributed by atoms with Crippen molar-refractivity contribution in [3.8, 4) is 0 Å². The largest absolute Gasteiger partial charge is 0.330 e. The van der Waals surface area contributed by atoms with E-state index >= 15 is 0 Å². The van der Waals surface area contributed by atoms with E-state index in [1.807, 2.05) is 0 Å². The lowest BCUT2D eigenvalue weighted by atomic mass is 9.75. The van der Waals surface area contributed by atoms with Crippen LogP contribution in [0.25, 0.3) is 0 Å². The van der Waals surface area contributed by atoms with Crippen LogP contribution < -0.4 is 5.73 Å². The van der Waals surface area contributed by atoms with Crippen LogP contribution >= 0.6 is 0 Å². The van der Waals surface area contributed by atoms with Gasteiger partial charge in [-0.1, -0.05) is 27.2 Å². The lowest BCUT2D eigenvalue weighted by Gasteiger charge is -2.38. The summed E-state index contributed by atoms with van der Waals surface area (Å²) in [6, 6.07) is 0. The van der Waals surface area contributed by atoms with Gasteiger partial charge in [-0.2, -0.15) is 0 Å². The van der Waals surface area contributed by atoms with Gasteiger partial charge in [0.15, 0.2) is 0 Å². The van der Waals surface area contributed by atoms with Crippen molar-refractivity contribution in [2.24, 2.45) is 17.1 Å². The molecule has 1 rings (SSSR count). The predicted octanol–water partition coefficient (Wildman–Crippen LogP) is 2.87. The maximum absolute atomic E-state index is 5.50. The summed E-state index contributed by atoms with van der Waals surface area (Å²) in [5, 5.41) is 0. The van der Waals surface area contributed by atoms with Crippen molar-refractivity contribution in [1.82, 2.24) is 4.90 Å². The molecule has 96 valence electrons. The second-order valence-electron chi connectivity index (χ2n) is 6.33. The van der Waals surface area contributed by atoms with Crippen molar-refractivity contribution >= 4 is 0 Å². The van der Waals surface area contributed by atoms with Crippen LogP contribution in [-0.4, -0.2) is 31.1 Å². The Morgan fingerprint density at radius 3 is 2.19 bits per heavy atom. The van der Waals surface area contributed by atoms with E-state index in [0.29, 0.717) is 5.41 Å². The minimum absolute atomic E-state index is 0.506. The van der Waals surface area contributed by atoms with Crippen molar-refractivity contribution in [3.05, 3.63) is 0 Å². The summed E-state index contributed by atoms with van der Waals surface area (Å²) < 4.78 is 0. The predicted molar refractivity (Wildman–Crippen MR) is 71.5 cm³/mol. The first-order valence-electron chi connectivity index (χ1n) is 6.96. The van der Waals surface area contributed by atoms with Crippen LogP contribution in [0.5, 0.6) is 0 Å². The fourth-order valence-electron chi connectivity index (χ4n) is 2.68. The van der Waals surface area contributed by atoms with Crippen molar-refractivity contribution in [3.63, 3.8) is 0 Å². The molecule has 2 nitrogen and oxygen atoms in total. The number of hydrogen-bond donors (Lipinski definition) is 1. The highest BCUT2D eigenvalue weighted by Crippen LogP contribution is 2.34. The van der Waals surface area contributed by atoms with Gasteiger partial charge in [0.25, 0.3) is 0 Å². The molecule has 1 aliphatic heterocycles. The number of likely N-dealkylation sites (tertiary alicyclic amines) is 1. The van der Waals surface area contributed by atoms with Crippen molar-refractivity contribution in [1.29, 1.82) is 0 Å². The van der Waals surface area contributed by atoms with E-state index in [9.17, 15) is 0 Å². The molecule has 0 unspecified atom stereocenters. The summed E-state index contributed by atoms with van der Waals surface area (Å²) in [5.41, 5.74) is 6.01. The average molecular weight is 226 g/mol. The number of nitrogens with zero attached hydrogens (tertiary/aromatic N) is 1. The summed E-state index contributed by atoms with van der Waals surface area (Å²) in [4.78, 5) is 2.64. The molecule has 1 saturated heterocycles. The van der Waals surface area contributed by atoms with E-state index in [1.54, 1.807) is 0 Å². The molecule has 1 heterocycles. The molecule has 2 N–H and O–H groups in total. The summed E-state index contributed by atoms with van der Waals surface area (Å²) in [5.74, 6) is 0.924. The van der Waals surface area contributed by atoms with E-state index in [-0.39, 0.29) is 0 Å². The van der Waals surface area contributed by atoms with Crippen LogP contribution in [0.2, 0.25) is 0 Å². The zero-order chi connectivity index (χ0) is 12.0. The van der Waals surface area contributed by atoms with Gasteiger partial charge in [0, 0.05) is 0 Å². The first kappa shape index (κ1) is 14.0. The second kappa shape index (κ2) is 6.61. The molecule has 0 radical (unpaired) electrons. The molecule has 0 amide bonds. The highest BCUT2D eigenvalue weighted by molar-refractivity contribution is 4.80. The summed E-state index contributed by atoms with van der Waals surface area (Å²) >= 11 is 0. The molecule has 0 bridgehead atoms. The Balaban J connectivity index is 2.12. The van der Waals surface area contributed by atoms with Gasteiger partial charge >= 0.3 is 0 Å². The minimum atomic E-state index is 0.506. The summed E-state index contributed by atoms with van der Waals surface area (Å²) in [6.07, 6.45) is 6.60. The van der Waals surface area contributed by atoms with Gasteiger partial charge in [0.1, 0.15) is 0 Å². The van der Waals surface area contributed by atoms with Gasteiger partial charge in [-0.3, -0.25) is 0 Å². The Morgan fingerprint density at radius 2 is 1.69 bits per heavy atom. The molecular formula is C14H30N2. The van der Waals surface area contributed by atoms with Crippen molar-refractivity contribution in [2.75, 3.05) is 26.2 Å². The highest BCUT2D eigenvalue weighted by Gasteiger charge is 2.28. The van der Waals surface area contributed by atoms with Gasteiger partial charge in [-0.15, -0.1) is 0 Å². The highest BCUT2D eigenvalue weighted by atomic mass is 15.1. The van der Waals surface area contributed by atoms with E-state index in [2.05, 4.69) is 25.7 Å². The normalized spacial score (nSPS) is 20.2. The standard InChI is InChI=1S/C14H30N2/c1-14(2,3)13-7-11-16(12-8-13)10-6-4-5-9-15/h13H,4-12,15H2,1-3H3. The molecule has 1 aliphatic rings. The SMILES string of the molecule is CC(C)(C)C1CCN(CCCCCN)CC1. The Morgan fingerprint density at radius 1 is 1.06 bits per heavy atom. The zero-order valence-corrected chi connectivity index (χ0v) is 11.5.